The molecule has 0 aromatic carbocycles. The summed E-state index contributed by atoms with van der Waals surface area (Å²) in [6.45, 7) is 8.92. The van der Waals surface area contributed by atoms with Crippen LogP contribution in [0, 0.1) is 5.92 Å². The van der Waals surface area contributed by atoms with Crippen molar-refractivity contribution in [1.82, 2.24) is 14.7 Å². The van der Waals surface area contributed by atoms with Crippen molar-refractivity contribution in [2.45, 2.75) is 45.1 Å². The predicted octanol–water partition coefficient (Wildman–Crippen LogP) is 2.39. The minimum atomic E-state index is 0.347. The number of likely N-dealkylation sites (tertiary alicyclic amines) is 2. The highest BCUT2D eigenvalue weighted by molar-refractivity contribution is 7.98. The van der Waals surface area contributed by atoms with E-state index in [-0.39, 0.29) is 0 Å². The van der Waals surface area contributed by atoms with Crippen LogP contribution in [0.1, 0.15) is 39.0 Å². The van der Waals surface area contributed by atoms with Crippen molar-refractivity contribution in [3.05, 3.63) is 0 Å². The van der Waals surface area contributed by atoms with Crippen LogP contribution in [0.4, 0.5) is 0 Å². The third-order valence-electron chi connectivity index (χ3n) is 5.59. The van der Waals surface area contributed by atoms with Crippen molar-refractivity contribution in [1.29, 1.82) is 0 Å². The van der Waals surface area contributed by atoms with Crippen molar-refractivity contribution in [2.75, 3.05) is 58.3 Å². The fourth-order valence-corrected chi connectivity index (χ4v) is 4.31. The summed E-state index contributed by atoms with van der Waals surface area (Å²) in [4.78, 5) is 19.5. The Kier molecular flexibility index (Phi) is 8.21. The molecule has 2 aliphatic heterocycles. The summed E-state index contributed by atoms with van der Waals surface area (Å²) in [5.41, 5.74) is 0. The van der Waals surface area contributed by atoms with Gasteiger partial charge in [-0.1, -0.05) is 0 Å². The van der Waals surface area contributed by atoms with E-state index in [1.807, 2.05) is 0 Å². The number of rotatable bonds is 7. The van der Waals surface area contributed by atoms with Crippen LogP contribution >= 0.6 is 11.8 Å². The fourth-order valence-electron chi connectivity index (χ4n) is 3.93. The molecule has 0 radical (unpaired) electrons. The Morgan fingerprint density at radius 2 is 1.78 bits per heavy atom. The molecule has 134 valence electrons. The molecule has 0 atom stereocenters. The SMILES string of the molecule is CCN(CC1CCN(C2CCN(C)CC2)CC1)C(=O)CCSC. The molecule has 1 amide bonds. The summed E-state index contributed by atoms with van der Waals surface area (Å²) >= 11 is 1.76. The average molecular weight is 342 g/mol. The van der Waals surface area contributed by atoms with E-state index in [1.54, 1.807) is 11.8 Å². The average Bonchev–Trinajstić information content (AvgIpc) is 2.59. The number of nitrogens with zero attached hydrogens (tertiary/aromatic N) is 3. The molecular weight excluding hydrogens is 306 g/mol. The van der Waals surface area contributed by atoms with Crippen LogP contribution in [0.5, 0.6) is 0 Å². The zero-order valence-electron chi connectivity index (χ0n) is 15.3. The van der Waals surface area contributed by atoms with Gasteiger partial charge in [-0.2, -0.15) is 11.8 Å². The Morgan fingerprint density at radius 1 is 1.13 bits per heavy atom. The number of amides is 1. The van der Waals surface area contributed by atoms with E-state index in [0.29, 0.717) is 18.2 Å². The first-order valence-corrected chi connectivity index (χ1v) is 10.7. The van der Waals surface area contributed by atoms with Gasteiger partial charge in [0.1, 0.15) is 0 Å². The van der Waals surface area contributed by atoms with Crippen LogP contribution in [0.25, 0.3) is 0 Å². The summed E-state index contributed by atoms with van der Waals surface area (Å²) in [5.74, 6) is 2.00. The number of hydrogen-bond acceptors (Lipinski definition) is 4. The van der Waals surface area contributed by atoms with E-state index in [2.05, 4.69) is 34.9 Å². The molecule has 2 aliphatic rings. The van der Waals surface area contributed by atoms with Gasteiger partial charge in [-0.15, -0.1) is 0 Å². The van der Waals surface area contributed by atoms with E-state index < -0.39 is 0 Å². The second-order valence-corrected chi connectivity index (χ2v) is 8.17. The van der Waals surface area contributed by atoms with Crippen LogP contribution in [-0.2, 0) is 4.79 Å². The van der Waals surface area contributed by atoms with Gasteiger partial charge in [-0.25, -0.2) is 0 Å². The van der Waals surface area contributed by atoms with Gasteiger partial charge < -0.3 is 14.7 Å². The van der Waals surface area contributed by atoms with Crippen molar-refractivity contribution in [3.63, 3.8) is 0 Å². The molecule has 2 saturated heterocycles. The highest BCUT2D eigenvalue weighted by atomic mass is 32.2. The molecule has 4 nitrogen and oxygen atoms in total. The van der Waals surface area contributed by atoms with E-state index >= 15 is 0 Å². The molecule has 0 aromatic heterocycles. The number of hydrogen-bond donors (Lipinski definition) is 0. The molecule has 0 aliphatic carbocycles. The van der Waals surface area contributed by atoms with Crippen molar-refractivity contribution in [3.8, 4) is 0 Å². The largest absolute Gasteiger partial charge is 0.343 e. The maximum absolute atomic E-state index is 12.2. The first kappa shape index (κ1) is 19.1. The number of thioether (sulfide) groups is 1. The maximum Gasteiger partial charge on any atom is 0.223 e. The summed E-state index contributed by atoms with van der Waals surface area (Å²) in [5, 5.41) is 0. The van der Waals surface area contributed by atoms with Crippen molar-refractivity contribution >= 4 is 17.7 Å². The maximum atomic E-state index is 12.2. The normalized spacial score (nSPS) is 22.4. The monoisotopic (exact) mass is 341 g/mol. The van der Waals surface area contributed by atoms with Crippen molar-refractivity contribution < 1.29 is 4.79 Å². The Labute approximate surface area is 146 Å². The lowest BCUT2D eigenvalue weighted by Crippen LogP contribution is -2.48. The molecule has 5 heteroatoms. The van der Waals surface area contributed by atoms with Gasteiger partial charge in [-0.05, 0) is 78.0 Å². The summed E-state index contributed by atoms with van der Waals surface area (Å²) in [6.07, 6.45) is 7.95. The number of carbonyl (C=O) groups is 1. The fraction of sp³-hybridized carbons (Fsp3) is 0.944. The molecule has 0 unspecified atom stereocenters. The molecular formula is C18H35N3OS. The molecule has 23 heavy (non-hydrogen) atoms. The summed E-state index contributed by atoms with van der Waals surface area (Å²) in [6, 6.07) is 0.803. The van der Waals surface area contributed by atoms with E-state index in [1.165, 1.54) is 51.9 Å². The Hall–Kier alpha value is -0.260. The molecule has 0 N–H and O–H groups in total. The van der Waals surface area contributed by atoms with E-state index in [9.17, 15) is 4.79 Å². The second kappa shape index (κ2) is 9.90. The van der Waals surface area contributed by atoms with Gasteiger partial charge in [0.15, 0.2) is 0 Å². The quantitative estimate of drug-likeness (QED) is 0.710. The number of piperidine rings is 2. The zero-order chi connectivity index (χ0) is 16.7. The molecule has 0 bridgehead atoms. The minimum absolute atomic E-state index is 0.347. The summed E-state index contributed by atoms with van der Waals surface area (Å²) in [7, 11) is 2.23. The Morgan fingerprint density at radius 3 is 2.35 bits per heavy atom. The predicted molar refractivity (Wildman–Crippen MR) is 100 cm³/mol. The third-order valence-corrected chi connectivity index (χ3v) is 6.20. The van der Waals surface area contributed by atoms with E-state index in [0.717, 1.165) is 24.9 Å². The molecule has 2 fully saturated rings. The number of carbonyl (C=O) groups excluding carboxylic acids is 1. The van der Waals surface area contributed by atoms with Gasteiger partial charge >= 0.3 is 0 Å². The van der Waals surface area contributed by atoms with Crippen LogP contribution in [-0.4, -0.2) is 85.0 Å². The van der Waals surface area contributed by atoms with Crippen LogP contribution in [0.2, 0.25) is 0 Å². The second-order valence-electron chi connectivity index (χ2n) is 7.19. The molecule has 0 saturated carbocycles. The Balaban J connectivity index is 1.72. The van der Waals surface area contributed by atoms with Gasteiger partial charge in [0, 0.05) is 31.3 Å². The van der Waals surface area contributed by atoms with Crippen LogP contribution in [0.3, 0.4) is 0 Å². The molecule has 2 heterocycles. The smallest absolute Gasteiger partial charge is 0.223 e. The lowest BCUT2D eigenvalue weighted by Gasteiger charge is -2.41. The van der Waals surface area contributed by atoms with Gasteiger partial charge in [-0.3, -0.25) is 4.79 Å². The van der Waals surface area contributed by atoms with Gasteiger partial charge in [0.05, 0.1) is 0 Å². The minimum Gasteiger partial charge on any atom is -0.343 e. The molecule has 0 aromatic rings. The molecule has 0 spiro atoms. The van der Waals surface area contributed by atoms with Gasteiger partial charge in [0.25, 0.3) is 0 Å². The van der Waals surface area contributed by atoms with Crippen LogP contribution in [0.15, 0.2) is 0 Å². The first-order valence-electron chi connectivity index (χ1n) is 9.33. The molecule has 2 rings (SSSR count). The highest BCUT2D eigenvalue weighted by Crippen LogP contribution is 2.24. The third kappa shape index (κ3) is 5.95. The van der Waals surface area contributed by atoms with E-state index in [4.69, 9.17) is 0 Å². The Bertz CT molecular complexity index is 350. The first-order chi connectivity index (χ1) is 11.1. The standard InChI is InChI=1S/C18H35N3OS/c1-4-20(18(22)9-14-23-3)15-16-5-12-21(13-6-16)17-7-10-19(2)11-8-17/h16-17H,4-15H2,1-3H3. The van der Waals surface area contributed by atoms with Crippen molar-refractivity contribution in [2.24, 2.45) is 5.92 Å². The zero-order valence-corrected chi connectivity index (χ0v) is 16.1. The summed E-state index contributed by atoms with van der Waals surface area (Å²) < 4.78 is 0. The topological polar surface area (TPSA) is 26.8 Å². The lowest BCUT2D eigenvalue weighted by molar-refractivity contribution is -0.131. The van der Waals surface area contributed by atoms with Crippen LogP contribution < -0.4 is 0 Å². The van der Waals surface area contributed by atoms with Gasteiger partial charge in [0.2, 0.25) is 5.91 Å². The lowest BCUT2D eigenvalue weighted by atomic mass is 9.93. The highest BCUT2D eigenvalue weighted by Gasteiger charge is 2.28.